The van der Waals surface area contributed by atoms with E-state index in [4.69, 9.17) is 9.72 Å². The second-order valence-electron chi connectivity index (χ2n) is 12.7. The van der Waals surface area contributed by atoms with E-state index in [2.05, 4.69) is 55.1 Å². The molecular formula is C34H49N8O3P. The molecule has 4 N–H and O–H groups in total. The summed E-state index contributed by atoms with van der Waals surface area (Å²) in [5.41, 5.74) is 4.08. The Morgan fingerprint density at radius 3 is 2.43 bits per heavy atom. The summed E-state index contributed by atoms with van der Waals surface area (Å²) in [6.45, 7) is 15.9. The molecule has 46 heavy (non-hydrogen) atoms. The highest BCUT2D eigenvalue weighted by atomic mass is 31.2. The van der Waals surface area contributed by atoms with Crippen LogP contribution in [-0.4, -0.2) is 92.6 Å². The molecule has 3 aromatic rings. The topological polar surface area (TPSA) is 124 Å². The number of ether oxygens (including phenoxy) is 1. The first-order valence-electron chi connectivity index (χ1n) is 16.3. The molecule has 0 spiro atoms. The van der Waals surface area contributed by atoms with Crippen LogP contribution in [0.25, 0.3) is 0 Å². The van der Waals surface area contributed by atoms with E-state index < -0.39 is 7.14 Å². The van der Waals surface area contributed by atoms with Crippen molar-refractivity contribution in [3.63, 3.8) is 0 Å². The monoisotopic (exact) mass is 648 g/mol. The SMILES string of the molecule is CCc1cc(Nc2ncc(C(=O)NC(C)C)c(Nc3ccccc3P(C)(C)=O)n2)c(OC)cc1N1CCC(N2CCNCC2)CC1. The van der Waals surface area contributed by atoms with Crippen LogP contribution in [0, 0.1) is 0 Å². The van der Waals surface area contributed by atoms with Crippen LogP contribution in [0.4, 0.5) is 28.8 Å². The van der Waals surface area contributed by atoms with Crippen LogP contribution in [0.3, 0.4) is 0 Å². The van der Waals surface area contributed by atoms with Crippen molar-refractivity contribution < 1.29 is 14.1 Å². The summed E-state index contributed by atoms with van der Waals surface area (Å²) in [5.74, 6) is 1.02. The van der Waals surface area contributed by atoms with Crippen LogP contribution >= 0.6 is 7.14 Å². The Morgan fingerprint density at radius 2 is 1.78 bits per heavy atom. The Bertz CT molecular complexity index is 1560. The quantitative estimate of drug-likeness (QED) is 0.216. The molecule has 3 heterocycles. The van der Waals surface area contributed by atoms with Gasteiger partial charge in [-0.25, -0.2) is 4.98 Å². The number of benzene rings is 2. The van der Waals surface area contributed by atoms with Gasteiger partial charge in [-0.05, 0) is 70.2 Å². The van der Waals surface area contributed by atoms with Gasteiger partial charge in [0.05, 0.1) is 18.5 Å². The van der Waals surface area contributed by atoms with E-state index in [1.165, 1.54) is 17.4 Å². The Hall–Kier alpha value is -3.66. The van der Waals surface area contributed by atoms with Crippen molar-refractivity contribution >= 4 is 47.2 Å². The fourth-order valence-corrected chi connectivity index (χ4v) is 7.47. The molecule has 0 unspecified atom stereocenters. The van der Waals surface area contributed by atoms with Crippen LogP contribution < -0.4 is 36.2 Å². The van der Waals surface area contributed by atoms with Gasteiger partial charge in [-0.1, -0.05) is 19.1 Å². The van der Waals surface area contributed by atoms with E-state index in [-0.39, 0.29) is 17.5 Å². The van der Waals surface area contributed by atoms with Gasteiger partial charge in [-0.2, -0.15) is 4.98 Å². The zero-order chi connectivity index (χ0) is 32.8. The maximum absolute atomic E-state index is 13.2. The van der Waals surface area contributed by atoms with Gasteiger partial charge < -0.3 is 35.5 Å². The average Bonchev–Trinajstić information content (AvgIpc) is 3.04. The molecule has 0 aliphatic carbocycles. The molecule has 0 radical (unpaired) electrons. The predicted molar refractivity (Wildman–Crippen MR) is 189 cm³/mol. The minimum atomic E-state index is -2.62. The lowest BCUT2D eigenvalue weighted by Gasteiger charge is -2.41. The van der Waals surface area contributed by atoms with E-state index >= 15 is 0 Å². The van der Waals surface area contributed by atoms with Crippen LogP contribution in [-0.2, 0) is 11.0 Å². The lowest BCUT2D eigenvalue weighted by atomic mass is 9.99. The summed E-state index contributed by atoms with van der Waals surface area (Å²) < 4.78 is 19.0. The standard InChI is InChI=1S/C34H49N8O3P/c1-7-24-20-28(30(45-4)21-29(24)42-16-12-25(13-17-42)41-18-14-35-15-19-41)39-34-36-22-26(33(43)37-23(2)3)32(40-34)38-27-10-8-9-11-31(27)46(5,6)44/h8-11,20-23,25,35H,7,12-19H2,1-6H3,(H,37,43)(H2,36,38,39,40). The maximum atomic E-state index is 13.2. The Kier molecular flexibility index (Phi) is 10.9. The number of carbonyl (C=O) groups excluding carboxylic acids is 1. The third-order valence-electron chi connectivity index (χ3n) is 8.69. The van der Waals surface area contributed by atoms with Gasteiger partial charge in [0, 0.05) is 74.6 Å². The summed E-state index contributed by atoms with van der Waals surface area (Å²) in [6, 6.07) is 12.2. The molecular weight excluding hydrogens is 599 g/mol. The smallest absolute Gasteiger partial charge is 0.256 e. The van der Waals surface area contributed by atoms with E-state index in [9.17, 15) is 9.36 Å². The van der Waals surface area contributed by atoms with Crippen LogP contribution in [0.2, 0.25) is 0 Å². The highest BCUT2D eigenvalue weighted by Gasteiger charge is 2.27. The van der Waals surface area contributed by atoms with Crippen molar-refractivity contribution in [2.24, 2.45) is 0 Å². The maximum Gasteiger partial charge on any atom is 0.256 e. The molecule has 2 saturated heterocycles. The molecule has 1 amide bonds. The number of amides is 1. The van der Waals surface area contributed by atoms with Gasteiger partial charge >= 0.3 is 0 Å². The molecule has 2 fully saturated rings. The normalized spacial score (nSPS) is 16.4. The number of nitrogens with zero attached hydrogens (tertiary/aromatic N) is 4. The van der Waals surface area contributed by atoms with E-state index in [1.807, 2.05) is 38.1 Å². The lowest BCUT2D eigenvalue weighted by molar-refractivity contribution is 0.0943. The van der Waals surface area contributed by atoms with Gasteiger partial charge in [0.1, 0.15) is 24.3 Å². The molecule has 1 aromatic heterocycles. The van der Waals surface area contributed by atoms with Gasteiger partial charge in [0.25, 0.3) is 5.91 Å². The molecule has 12 heteroatoms. The van der Waals surface area contributed by atoms with Gasteiger partial charge in [-0.3, -0.25) is 9.69 Å². The van der Waals surface area contributed by atoms with Crippen molar-refractivity contribution in [2.75, 3.05) is 75.2 Å². The summed E-state index contributed by atoms with van der Waals surface area (Å²) in [5, 5.41) is 13.7. The zero-order valence-corrected chi connectivity index (χ0v) is 28.9. The molecule has 0 atom stereocenters. The molecule has 248 valence electrons. The number of piperidine rings is 1. The summed E-state index contributed by atoms with van der Waals surface area (Å²) in [7, 11) is -0.945. The number of aryl methyl sites for hydroxylation is 1. The minimum absolute atomic E-state index is 0.0694. The number of hydrogen-bond acceptors (Lipinski definition) is 10. The number of para-hydroxylation sites is 1. The third-order valence-corrected chi connectivity index (χ3v) is 10.2. The number of methoxy groups -OCH3 is 1. The number of anilines is 5. The lowest BCUT2D eigenvalue weighted by Crippen LogP contribution is -2.52. The fraction of sp³-hybridized carbons (Fsp3) is 0.500. The second-order valence-corrected chi connectivity index (χ2v) is 15.9. The second kappa shape index (κ2) is 14.8. The van der Waals surface area contributed by atoms with Crippen molar-refractivity contribution in [3.8, 4) is 5.75 Å². The van der Waals surface area contributed by atoms with Crippen molar-refractivity contribution in [1.29, 1.82) is 0 Å². The van der Waals surface area contributed by atoms with Crippen LogP contribution in [0.5, 0.6) is 5.75 Å². The Labute approximate surface area is 273 Å². The number of aromatic nitrogens is 2. The zero-order valence-electron chi connectivity index (χ0n) is 28.0. The highest BCUT2D eigenvalue weighted by molar-refractivity contribution is 7.70. The summed E-state index contributed by atoms with van der Waals surface area (Å²) in [4.78, 5) is 27.6. The molecule has 0 bridgehead atoms. The van der Waals surface area contributed by atoms with E-state index in [0.717, 1.165) is 64.2 Å². The number of piperazine rings is 1. The van der Waals surface area contributed by atoms with E-state index in [1.54, 1.807) is 20.4 Å². The first kappa shape index (κ1) is 33.7. The van der Waals surface area contributed by atoms with E-state index in [0.29, 0.717) is 34.5 Å². The predicted octanol–water partition coefficient (Wildman–Crippen LogP) is 4.80. The van der Waals surface area contributed by atoms with Crippen LogP contribution in [0.15, 0.2) is 42.6 Å². The van der Waals surface area contributed by atoms with Gasteiger partial charge in [0.15, 0.2) is 0 Å². The molecule has 0 saturated carbocycles. The third kappa shape index (κ3) is 8.00. The van der Waals surface area contributed by atoms with Crippen molar-refractivity contribution in [2.45, 2.75) is 52.1 Å². The Balaban J connectivity index is 1.42. The molecule has 2 aliphatic heterocycles. The number of hydrogen-bond donors (Lipinski definition) is 4. The fourth-order valence-electron chi connectivity index (χ4n) is 6.32. The molecule has 11 nitrogen and oxygen atoms in total. The minimum Gasteiger partial charge on any atom is -0.494 e. The summed E-state index contributed by atoms with van der Waals surface area (Å²) >= 11 is 0. The number of nitrogens with one attached hydrogen (secondary N) is 4. The first-order chi connectivity index (χ1) is 22.1. The highest BCUT2D eigenvalue weighted by Crippen LogP contribution is 2.39. The van der Waals surface area contributed by atoms with Crippen molar-refractivity contribution in [1.82, 2.24) is 25.5 Å². The molecule has 2 aliphatic rings. The average molecular weight is 649 g/mol. The number of carbonyl (C=O) groups is 1. The molecule has 2 aromatic carbocycles. The van der Waals surface area contributed by atoms with Crippen molar-refractivity contribution in [3.05, 3.63) is 53.7 Å². The van der Waals surface area contributed by atoms with Gasteiger partial charge in [-0.15, -0.1) is 0 Å². The van der Waals surface area contributed by atoms with Crippen LogP contribution in [0.1, 0.15) is 49.5 Å². The summed E-state index contributed by atoms with van der Waals surface area (Å²) in [6.07, 6.45) is 4.68. The largest absolute Gasteiger partial charge is 0.494 e. The number of rotatable bonds is 11. The van der Waals surface area contributed by atoms with Gasteiger partial charge in [0.2, 0.25) is 5.95 Å². The Morgan fingerprint density at radius 1 is 1.07 bits per heavy atom. The molecule has 5 rings (SSSR count). The first-order valence-corrected chi connectivity index (χ1v) is 18.9.